The van der Waals surface area contributed by atoms with Gasteiger partial charge in [-0.1, -0.05) is 48.0 Å². The number of hydrogen-bond acceptors (Lipinski definition) is 4. The Morgan fingerprint density at radius 2 is 1.87 bits per heavy atom. The Labute approximate surface area is 177 Å². The molecule has 4 rings (SSSR count). The van der Waals surface area contributed by atoms with Crippen LogP contribution in [-0.4, -0.2) is 33.2 Å². The lowest BCUT2D eigenvalue weighted by Crippen LogP contribution is -2.23. The molecular formula is C22H19ClN4O3. The first-order valence-corrected chi connectivity index (χ1v) is 9.73. The van der Waals surface area contributed by atoms with Gasteiger partial charge in [0.25, 0.3) is 5.91 Å². The number of halogens is 1. The summed E-state index contributed by atoms with van der Waals surface area (Å²) in [5.74, 6) is -0.421. The number of para-hydroxylation sites is 1. The molecule has 0 saturated carbocycles. The lowest BCUT2D eigenvalue weighted by atomic mass is 10.1. The predicted molar refractivity (Wildman–Crippen MR) is 114 cm³/mol. The van der Waals surface area contributed by atoms with E-state index < -0.39 is 11.9 Å². The maximum absolute atomic E-state index is 12.2. The van der Waals surface area contributed by atoms with E-state index in [1.807, 2.05) is 42.5 Å². The molecular weight excluding hydrogens is 404 g/mol. The second-order valence-electron chi connectivity index (χ2n) is 6.71. The van der Waals surface area contributed by atoms with E-state index >= 15 is 0 Å². The third-order valence-corrected chi connectivity index (χ3v) is 5.00. The summed E-state index contributed by atoms with van der Waals surface area (Å²) in [6.45, 7) is 0.0289. The summed E-state index contributed by atoms with van der Waals surface area (Å²) in [7, 11) is 0. The van der Waals surface area contributed by atoms with E-state index in [1.54, 1.807) is 29.2 Å². The average molecular weight is 423 g/mol. The number of fused-ring (bicyclic) bond motifs is 1. The molecule has 0 radical (unpaired) electrons. The molecule has 0 fully saturated rings. The number of aromatic amines is 1. The SMILES string of the molecule is O=C(COC(=O)Cc1c[nH]c2ccccc12)Nc1ccnn1Cc1ccccc1Cl. The van der Waals surface area contributed by atoms with E-state index in [4.69, 9.17) is 16.3 Å². The topological polar surface area (TPSA) is 89.0 Å². The molecule has 2 N–H and O–H groups in total. The fourth-order valence-electron chi connectivity index (χ4n) is 3.16. The number of anilines is 1. The highest BCUT2D eigenvalue weighted by molar-refractivity contribution is 6.31. The molecule has 152 valence electrons. The van der Waals surface area contributed by atoms with Gasteiger partial charge in [-0.05, 0) is 23.3 Å². The molecule has 2 aromatic heterocycles. The van der Waals surface area contributed by atoms with Gasteiger partial charge in [0.05, 0.1) is 19.2 Å². The number of nitrogens with one attached hydrogen (secondary N) is 2. The lowest BCUT2D eigenvalue weighted by molar-refractivity contribution is -0.146. The number of hydrogen-bond donors (Lipinski definition) is 2. The van der Waals surface area contributed by atoms with Crippen LogP contribution < -0.4 is 5.32 Å². The zero-order valence-electron chi connectivity index (χ0n) is 16.0. The van der Waals surface area contributed by atoms with Crippen molar-refractivity contribution in [3.05, 3.63) is 83.1 Å². The zero-order valence-corrected chi connectivity index (χ0v) is 16.7. The molecule has 0 aliphatic carbocycles. The minimum absolute atomic E-state index is 0.0851. The van der Waals surface area contributed by atoms with Gasteiger partial charge in [0.2, 0.25) is 0 Å². The molecule has 0 atom stereocenters. The van der Waals surface area contributed by atoms with Crippen molar-refractivity contribution in [2.75, 3.05) is 11.9 Å². The second kappa shape index (κ2) is 8.84. The summed E-state index contributed by atoms with van der Waals surface area (Å²) in [6, 6.07) is 16.8. The molecule has 0 saturated heterocycles. The van der Waals surface area contributed by atoms with E-state index in [0.717, 1.165) is 22.0 Å². The number of amides is 1. The number of nitrogens with zero attached hydrogens (tertiary/aromatic N) is 2. The summed E-state index contributed by atoms with van der Waals surface area (Å²) in [5, 5.41) is 8.50. The number of carbonyl (C=O) groups excluding carboxylic acids is 2. The van der Waals surface area contributed by atoms with Crippen molar-refractivity contribution in [3.63, 3.8) is 0 Å². The third-order valence-electron chi connectivity index (χ3n) is 4.64. The van der Waals surface area contributed by atoms with Crippen molar-refractivity contribution in [1.29, 1.82) is 0 Å². The highest BCUT2D eigenvalue weighted by Crippen LogP contribution is 2.19. The van der Waals surface area contributed by atoms with Crippen LogP contribution in [0.2, 0.25) is 5.02 Å². The first-order chi connectivity index (χ1) is 14.6. The Hall–Kier alpha value is -3.58. The molecule has 1 amide bonds. The predicted octanol–water partition coefficient (Wildman–Crippen LogP) is 3.79. The van der Waals surface area contributed by atoms with Crippen LogP contribution in [0.25, 0.3) is 10.9 Å². The summed E-state index contributed by atoms with van der Waals surface area (Å²) in [5.41, 5.74) is 2.65. The molecule has 2 aromatic carbocycles. The monoisotopic (exact) mass is 422 g/mol. The molecule has 8 heteroatoms. The fourth-order valence-corrected chi connectivity index (χ4v) is 3.36. The molecule has 0 aliphatic heterocycles. The second-order valence-corrected chi connectivity index (χ2v) is 7.12. The largest absolute Gasteiger partial charge is 0.455 e. The van der Waals surface area contributed by atoms with Gasteiger partial charge in [0.1, 0.15) is 5.82 Å². The van der Waals surface area contributed by atoms with Gasteiger partial charge in [-0.15, -0.1) is 0 Å². The van der Waals surface area contributed by atoms with Crippen molar-refractivity contribution in [3.8, 4) is 0 Å². The van der Waals surface area contributed by atoms with Crippen LogP contribution >= 0.6 is 11.6 Å². The minimum Gasteiger partial charge on any atom is -0.455 e. The van der Waals surface area contributed by atoms with Crippen LogP contribution in [0, 0.1) is 0 Å². The normalized spacial score (nSPS) is 10.8. The van der Waals surface area contributed by atoms with Crippen LogP contribution in [0.1, 0.15) is 11.1 Å². The number of H-pyrrole nitrogens is 1. The molecule has 2 heterocycles. The van der Waals surface area contributed by atoms with Crippen LogP contribution in [0.5, 0.6) is 0 Å². The van der Waals surface area contributed by atoms with E-state index in [1.165, 1.54) is 0 Å². The first kappa shape index (κ1) is 19.7. The summed E-state index contributed by atoms with van der Waals surface area (Å²) in [6.07, 6.45) is 3.44. The van der Waals surface area contributed by atoms with Crippen LogP contribution in [0.15, 0.2) is 67.0 Å². The molecule has 30 heavy (non-hydrogen) atoms. The van der Waals surface area contributed by atoms with Crippen LogP contribution in [0.4, 0.5) is 5.82 Å². The van der Waals surface area contributed by atoms with Gasteiger partial charge in [-0.25, -0.2) is 4.68 Å². The molecule has 0 bridgehead atoms. The fraction of sp³-hybridized carbons (Fsp3) is 0.136. The zero-order chi connectivity index (χ0) is 20.9. The molecule has 0 aliphatic rings. The Kier molecular flexibility index (Phi) is 5.81. The van der Waals surface area contributed by atoms with Crippen LogP contribution in [-0.2, 0) is 27.3 Å². The van der Waals surface area contributed by atoms with Gasteiger partial charge in [0, 0.05) is 28.2 Å². The average Bonchev–Trinajstić information content (AvgIpc) is 3.35. The minimum atomic E-state index is -0.473. The summed E-state index contributed by atoms with van der Waals surface area (Å²) in [4.78, 5) is 27.5. The number of carbonyl (C=O) groups is 2. The van der Waals surface area contributed by atoms with Crippen molar-refractivity contribution >= 4 is 40.2 Å². The maximum Gasteiger partial charge on any atom is 0.310 e. The van der Waals surface area contributed by atoms with Gasteiger partial charge >= 0.3 is 5.97 Å². The standard InChI is InChI=1S/C22H19ClN4O3/c23-18-7-3-1-5-15(18)13-27-20(9-10-25-27)26-21(28)14-30-22(29)11-16-12-24-19-8-4-2-6-17(16)19/h1-10,12,24H,11,13-14H2,(H,26,28). The lowest BCUT2D eigenvalue weighted by Gasteiger charge is -2.10. The van der Waals surface area contributed by atoms with Crippen molar-refractivity contribution in [2.45, 2.75) is 13.0 Å². The smallest absolute Gasteiger partial charge is 0.310 e. The van der Waals surface area contributed by atoms with E-state index in [9.17, 15) is 9.59 Å². The summed E-state index contributed by atoms with van der Waals surface area (Å²) >= 11 is 6.19. The van der Waals surface area contributed by atoms with Crippen LogP contribution in [0.3, 0.4) is 0 Å². The Morgan fingerprint density at radius 3 is 2.73 bits per heavy atom. The quantitative estimate of drug-likeness (QED) is 0.443. The van der Waals surface area contributed by atoms with Crippen molar-refractivity contribution in [1.82, 2.24) is 14.8 Å². The Morgan fingerprint density at radius 1 is 1.07 bits per heavy atom. The number of esters is 1. The highest BCUT2D eigenvalue weighted by Gasteiger charge is 2.13. The molecule has 0 spiro atoms. The Bertz CT molecular complexity index is 1200. The molecule has 7 nitrogen and oxygen atoms in total. The van der Waals surface area contributed by atoms with Crippen molar-refractivity contribution in [2.24, 2.45) is 0 Å². The van der Waals surface area contributed by atoms with E-state index in [2.05, 4.69) is 15.4 Å². The van der Waals surface area contributed by atoms with Gasteiger partial charge in [-0.2, -0.15) is 5.10 Å². The number of ether oxygens (including phenoxy) is 1. The number of aromatic nitrogens is 3. The van der Waals surface area contributed by atoms with Crippen molar-refractivity contribution < 1.29 is 14.3 Å². The highest BCUT2D eigenvalue weighted by atomic mass is 35.5. The van der Waals surface area contributed by atoms with E-state index in [-0.39, 0.29) is 13.0 Å². The van der Waals surface area contributed by atoms with Gasteiger partial charge in [-0.3, -0.25) is 9.59 Å². The van der Waals surface area contributed by atoms with E-state index in [0.29, 0.717) is 17.4 Å². The number of rotatable bonds is 7. The molecule has 4 aromatic rings. The van der Waals surface area contributed by atoms with Gasteiger partial charge < -0.3 is 15.0 Å². The third kappa shape index (κ3) is 4.52. The number of benzene rings is 2. The van der Waals surface area contributed by atoms with Gasteiger partial charge in [0.15, 0.2) is 6.61 Å². The first-order valence-electron chi connectivity index (χ1n) is 9.36. The molecule has 0 unspecified atom stereocenters. The maximum atomic E-state index is 12.2. The summed E-state index contributed by atoms with van der Waals surface area (Å²) < 4.78 is 6.75. The Balaban J connectivity index is 1.32.